The summed E-state index contributed by atoms with van der Waals surface area (Å²) in [4.78, 5) is 23.9. The van der Waals surface area contributed by atoms with Gasteiger partial charge in [-0.2, -0.15) is 4.98 Å². The van der Waals surface area contributed by atoms with E-state index < -0.39 is 4.92 Å². The second-order valence-corrected chi connectivity index (χ2v) is 8.08. The minimum absolute atomic E-state index is 0.140. The molecule has 0 spiro atoms. The molecule has 13 heteroatoms. The first kappa shape index (κ1) is 21.0. The maximum atomic E-state index is 12.0. The third-order valence-corrected chi connectivity index (χ3v) is 5.91. The van der Waals surface area contributed by atoms with E-state index in [1.807, 2.05) is 23.1 Å². The average Bonchev–Trinajstić information content (AvgIpc) is 3.53. The van der Waals surface area contributed by atoms with E-state index in [4.69, 9.17) is 14.2 Å². The molecule has 1 saturated heterocycles. The summed E-state index contributed by atoms with van der Waals surface area (Å²) in [7, 11) is 0. The van der Waals surface area contributed by atoms with Gasteiger partial charge in [-0.05, 0) is 40.1 Å². The maximum Gasteiger partial charge on any atom is 0.373 e. The van der Waals surface area contributed by atoms with Gasteiger partial charge in [0.1, 0.15) is 23.1 Å². The number of benzene rings is 2. The Kier molecular flexibility index (Phi) is 5.22. The minimum atomic E-state index is -0.514. The number of ether oxygens (including phenoxy) is 3. The standard InChI is InChI=1S/C22H19N7O6/c30-29(31)20-21(23-12-24-22(20)34-15-2-3-16-17(10-15)26-35-25-16)28-7-5-27(6-8-28)11-14-1-4-18-19(9-14)33-13-32-18/h1-4,9-10,12H,5-8,11,13H2. The zero-order chi connectivity index (χ0) is 23.8. The van der Waals surface area contributed by atoms with Gasteiger partial charge in [-0.15, -0.1) is 0 Å². The summed E-state index contributed by atoms with van der Waals surface area (Å²) in [5.41, 5.74) is 1.85. The van der Waals surface area contributed by atoms with Crippen molar-refractivity contribution in [3.63, 3.8) is 0 Å². The number of nitrogens with zero attached hydrogens (tertiary/aromatic N) is 7. The maximum absolute atomic E-state index is 12.0. The molecule has 0 unspecified atom stereocenters. The normalized spacial score (nSPS) is 15.5. The fourth-order valence-electron chi connectivity index (χ4n) is 4.17. The van der Waals surface area contributed by atoms with E-state index in [9.17, 15) is 10.1 Å². The molecule has 0 radical (unpaired) electrons. The van der Waals surface area contributed by atoms with E-state index in [1.54, 1.807) is 18.2 Å². The van der Waals surface area contributed by atoms with Crippen molar-refractivity contribution in [1.29, 1.82) is 0 Å². The Balaban J connectivity index is 1.17. The van der Waals surface area contributed by atoms with Gasteiger partial charge < -0.3 is 19.1 Å². The van der Waals surface area contributed by atoms with Gasteiger partial charge in [0.05, 0.1) is 4.92 Å². The highest BCUT2D eigenvalue weighted by Crippen LogP contribution is 2.37. The Bertz CT molecular complexity index is 1400. The van der Waals surface area contributed by atoms with E-state index in [2.05, 4.69) is 29.8 Å². The van der Waals surface area contributed by atoms with Crippen LogP contribution in [-0.4, -0.2) is 63.1 Å². The van der Waals surface area contributed by atoms with Crippen molar-refractivity contribution >= 4 is 22.5 Å². The number of hydrogen-bond acceptors (Lipinski definition) is 12. The zero-order valence-corrected chi connectivity index (χ0v) is 18.4. The Morgan fingerprint density at radius 3 is 2.66 bits per heavy atom. The predicted octanol–water partition coefficient (Wildman–Crippen LogP) is 2.76. The molecule has 0 bridgehead atoms. The molecule has 2 aliphatic heterocycles. The van der Waals surface area contributed by atoms with E-state index in [-0.39, 0.29) is 24.2 Å². The molecule has 6 rings (SSSR count). The molecular formula is C22H19N7O6. The monoisotopic (exact) mass is 477 g/mol. The van der Waals surface area contributed by atoms with Gasteiger partial charge in [0.2, 0.25) is 12.6 Å². The lowest BCUT2D eigenvalue weighted by molar-refractivity contribution is -0.385. The molecule has 0 saturated carbocycles. The smallest absolute Gasteiger partial charge is 0.373 e. The number of nitro groups is 1. The van der Waals surface area contributed by atoms with E-state index in [1.165, 1.54) is 6.33 Å². The lowest BCUT2D eigenvalue weighted by Crippen LogP contribution is -2.46. The van der Waals surface area contributed by atoms with Crippen LogP contribution in [0.1, 0.15) is 5.56 Å². The summed E-state index contributed by atoms with van der Waals surface area (Å²) < 4.78 is 21.3. The molecule has 4 aromatic rings. The van der Waals surface area contributed by atoms with Crippen LogP contribution in [-0.2, 0) is 6.54 Å². The lowest BCUT2D eigenvalue weighted by atomic mass is 10.1. The van der Waals surface area contributed by atoms with Crippen LogP contribution < -0.4 is 19.1 Å². The molecule has 35 heavy (non-hydrogen) atoms. The van der Waals surface area contributed by atoms with Gasteiger partial charge in [-0.1, -0.05) is 6.07 Å². The van der Waals surface area contributed by atoms with Crippen LogP contribution in [0, 0.1) is 10.1 Å². The summed E-state index contributed by atoms with van der Waals surface area (Å²) in [6.07, 6.45) is 1.27. The van der Waals surface area contributed by atoms with Gasteiger partial charge in [0, 0.05) is 38.8 Å². The second-order valence-electron chi connectivity index (χ2n) is 8.08. The third kappa shape index (κ3) is 4.12. The van der Waals surface area contributed by atoms with Crippen molar-refractivity contribution in [1.82, 2.24) is 25.2 Å². The van der Waals surface area contributed by atoms with E-state index >= 15 is 0 Å². The quantitative estimate of drug-likeness (QED) is 0.298. The number of anilines is 1. The molecule has 2 aromatic heterocycles. The number of fused-ring (bicyclic) bond motifs is 2. The highest BCUT2D eigenvalue weighted by molar-refractivity contribution is 5.75. The highest BCUT2D eigenvalue weighted by Gasteiger charge is 2.31. The minimum Gasteiger partial charge on any atom is -0.454 e. The number of hydrogen-bond donors (Lipinski definition) is 0. The Labute approximate surface area is 197 Å². The third-order valence-electron chi connectivity index (χ3n) is 5.91. The first-order chi connectivity index (χ1) is 17.1. The largest absolute Gasteiger partial charge is 0.454 e. The number of rotatable bonds is 6. The van der Waals surface area contributed by atoms with Crippen molar-refractivity contribution < 1.29 is 23.8 Å². The number of piperazine rings is 1. The number of aromatic nitrogens is 4. The molecule has 4 heterocycles. The SMILES string of the molecule is O=[N+]([O-])c1c(Oc2ccc3nonc3c2)ncnc1N1CCN(Cc2ccc3c(c2)OCO3)CC1. The summed E-state index contributed by atoms with van der Waals surface area (Å²) in [6, 6.07) is 10.8. The molecule has 0 amide bonds. The average molecular weight is 477 g/mol. The molecule has 0 N–H and O–H groups in total. The summed E-state index contributed by atoms with van der Waals surface area (Å²) in [5.74, 6) is 1.93. The van der Waals surface area contributed by atoms with Crippen molar-refractivity contribution in [3.05, 3.63) is 58.4 Å². The van der Waals surface area contributed by atoms with Gasteiger partial charge >= 0.3 is 11.6 Å². The summed E-state index contributed by atoms with van der Waals surface area (Å²) in [5, 5.41) is 19.5. The van der Waals surface area contributed by atoms with Crippen LogP contribution in [0.25, 0.3) is 11.0 Å². The van der Waals surface area contributed by atoms with E-state index in [0.717, 1.165) is 23.6 Å². The molecule has 178 valence electrons. The topological polar surface area (TPSA) is 142 Å². The zero-order valence-electron chi connectivity index (χ0n) is 18.4. The Morgan fingerprint density at radius 2 is 1.80 bits per heavy atom. The first-order valence-electron chi connectivity index (χ1n) is 10.9. The van der Waals surface area contributed by atoms with Crippen LogP contribution in [0.5, 0.6) is 23.1 Å². The van der Waals surface area contributed by atoms with Crippen molar-refractivity contribution in [2.45, 2.75) is 6.54 Å². The van der Waals surface area contributed by atoms with Crippen molar-refractivity contribution in [2.24, 2.45) is 0 Å². The fraction of sp³-hybridized carbons (Fsp3) is 0.273. The summed E-state index contributed by atoms with van der Waals surface area (Å²) >= 11 is 0. The first-order valence-corrected chi connectivity index (χ1v) is 10.9. The van der Waals surface area contributed by atoms with Gasteiger partial charge in [0.25, 0.3) is 0 Å². The van der Waals surface area contributed by atoms with Gasteiger partial charge in [0.15, 0.2) is 11.5 Å². The Hall–Kier alpha value is -4.52. The fourth-order valence-corrected chi connectivity index (χ4v) is 4.17. The van der Waals surface area contributed by atoms with Crippen LogP contribution in [0.15, 0.2) is 47.4 Å². The molecule has 0 atom stereocenters. The Morgan fingerprint density at radius 1 is 0.971 bits per heavy atom. The molecule has 2 aliphatic rings. The second kappa shape index (κ2) is 8.68. The molecular weight excluding hydrogens is 458 g/mol. The highest BCUT2D eigenvalue weighted by atomic mass is 16.7. The van der Waals surface area contributed by atoms with Crippen LogP contribution in [0.2, 0.25) is 0 Å². The van der Waals surface area contributed by atoms with Crippen LogP contribution in [0.4, 0.5) is 11.5 Å². The molecule has 2 aromatic carbocycles. The summed E-state index contributed by atoms with van der Waals surface area (Å²) in [6.45, 7) is 3.54. The van der Waals surface area contributed by atoms with Gasteiger partial charge in [-0.3, -0.25) is 15.0 Å². The van der Waals surface area contributed by atoms with Crippen molar-refractivity contribution in [2.75, 3.05) is 37.9 Å². The van der Waals surface area contributed by atoms with Crippen molar-refractivity contribution in [3.8, 4) is 23.1 Å². The lowest BCUT2D eigenvalue weighted by Gasteiger charge is -2.35. The molecule has 0 aliphatic carbocycles. The van der Waals surface area contributed by atoms with E-state index in [0.29, 0.717) is 43.0 Å². The predicted molar refractivity (Wildman–Crippen MR) is 121 cm³/mol. The van der Waals surface area contributed by atoms with Gasteiger partial charge in [-0.25, -0.2) is 9.61 Å². The van der Waals surface area contributed by atoms with Crippen LogP contribution in [0.3, 0.4) is 0 Å². The molecule has 1 fully saturated rings. The molecule has 13 nitrogen and oxygen atoms in total. The van der Waals surface area contributed by atoms with Crippen LogP contribution >= 0.6 is 0 Å².